The topological polar surface area (TPSA) is 105 Å². The number of nitrogens with zero attached hydrogens (tertiary/aromatic N) is 1. The summed E-state index contributed by atoms with van der Waals surface area (Å²) in [7, 11) is 1.31. The summed E-state index contributed by atoms with van der Waals surface area (Å²) in [6.07, 6.45) is -0.566. The summed E-state index contributed by atoms with van der Waals surface area (Å²) >= 11 is 1.63. The molecule has 27 heavy (non-hydrogen) atoms. The number of rotatable bonds is 6. The Bertz CT molecular complexity index is 966. The summed E-state index contributed by atoms with van der Waals surface area (Å²) in [6.45, 7) is 5.80. The quantitative estimate of drug-likeness (QED) is 0.509. The molecular formula is C19H21N5O2S. The normalized spacial score (nSPS) is 11.8. The molecule has 3 aromatic rings. The SMILES string of the molecule is C=C(Nc1ccc(Sc2ccc3nc(NC(=O)OC)[nH]c3c2)cc1)[C@H](C)N. The number of fused-ring (bicyclic) bond motifs is 1. The predicted molar refractivity (Wildman–Crippen MR) is 109 cm³/mol. The number of nitrogens with two attached hydrogens (primary N) is 1. The largest absolute Gasteiger partial charge is 0.453 e. The Morgan fingerprint density at radius 1 is 1.22 bits per heavy atom. The van der Waals surface area contributed by atoms with E-state index >= 15 is 0 Å². The second kappa shape index (κ2) is 8.15. The Labute approximate surface area is 161 Å². The van der Waals surface area contributed by atoms with E-state index in [1.807, 2.05) is 49.4 Å². The van der Waals surface area contributed by atoms with Crippen molar-refractivity contribution >= 4 is 40.5 Å². The van der Waals surface area contributed by atoms with Crippen molar-refractivity contribution in [1.82, 2.24) is 9.97 Å². The first kappa shape index (κ1) is 18.8. The van der Waals surface area contributed by atoms with E-state index in [0.29, 0.717) is 5.95 Å². The lowest BCUT2D eigenvalue weighted by atomic mass is 10.2. The van der Waals surface area contributed by atoms with Gasteiger partial charge in [-0.2, -0.15) is 0 Å². The highest BCUT2D eigenvalue weighted by atomic mass is 32.2. The van der Waals surface area contributed by atoms with Gasteiger partial charge in [0.1, 0.15) is 0 Å². The van der Waals surface area contributed by atoms with Gasteiger partial charge in [0.2, 0.25) is 5.95 Å². The molecule has 0 unspecified atom stereocenters. The van der Waals surface area contributed by atoms with Crippen molar-refractivity contribution in [3.05, 3.63) is 54.7 Å². The fourth-order valence-corrected chi connectivity index (χ4v) is 3.16. The van der Waals surface area contributed by atoms with Crippen LogP contribution in [0.5, 0.6) is 0 Å². The number of aromatic nitrogens is 2. The fourth-order valence-electron chi connectivity index (χ4n) is 2.30. The highest BCUT2D eigenvalue weighted by molar-refractivity contribution is 7.99. The molecule has 0 fully saturated rings. The van der Waals surface area contributed by atoms with E-state index in [9.17, 15) is 4.79 Å². The first-order valence-corrected chi connectivity index (χ1v) is 9.10. The molecule has 0 saturated heterocycles. The minimum Gasteiger partial charge on any atom is -0.453 e. The minimum absolute atomic E-state index is 0.112. The number of H-pyrrole nitrogens is 1. The van der Waals surface area contributed by atoms with Crippen LogP contribution in [0.25, 0.3) is 11.0 Å². The van der Waals surface area contributed by atoms with E-state index in [4.69, 9.17) is 5.73 Å². The number of amides is 1. The zero-order chi connectivity index (χ0) is 19.4. The third kappa shape index (κ3) is 4.81. The van der Waals surface area contributed by atoms with Crippen molar-refractivity contribution in [2.45, 2.75) is 22.8 Å². The number of anilines is 2. The summed E-state index contributed by atoms with van der Waals surface area (Å²) in [4.78, 5) is 20.8. The molecule has 0 saturated carbocycles. The predicted octanol–water partition coefficient (Wildman–Crippen LogP) is 4.17. The van der Waals surface area contributed by atoms with Gasteiger partial charge in [0.15, 0.2) is 0 Å². The summed E-state index contributed by atoms with van der Waals surface area (Å²) in [5, 5.41) is 5.72. The average Bonchev–Trinajstić information content (AvgIpc) is 3.04. The number of benzene rings is 2. The van der Waals surface area contributed by atoms with E-state index in [2.05, 4.69) is 31.9 Å². The lowest BCUT2D eigenvalue weighted by Crippen LogP contribution is -2.22. The minimum atomic E-state index is -0.566. The van der Waals surface area contributed by atoms with Crippen LogP contribution in [0.15, 0.2) is 64.5 Å². The van der Waals surface area contributed by atoms with Gasteiger partial charge < -0.3 is 20.8 Å². The smallest absolute Gasteiger partial charge is 0.413 e. The van der Waals surface area contributed by atoms with Crippen molar-refractivity contribution in [3.63, 3.8) is 0 Å². The van der Waals surface area contributed by atoms with Gasteiger partial charge in [-0.25, -0.2) is 9.78 Å². The number of ether oxygens (including phenoxy) is 1. The van der Waals surface area contributed by atoms with Crippen molar-refractivity contribution in [1.29, 1.82) is 0 Å². The van der Waals surface area contributed by atoms with Crippen molar-refractivity contribution in [2.24, 2.45) is 5.73 Å². The molecule has 7 nitrogen and oxygen atoms in total. The first-order chi connectivity index (χ1) is 12.9. The Morgan fingerprint density at radius 2 is 1.93 bits per heavy atom. The number of carbonyl (C=O) groups excluding carboxylic acids is 1. The van der Waals surface area contributed by atoms with Gasteiger partial charge in [0.05, 0.1) is 18.1 Å². The molecular weight excluding hydrogens is 362 g/mol. The van der Waals surface area contributed by atoms with Gasteiger partial charge in [-0.15, -0.1) is 0 Å². The van der Waals surface area contributed by atoms with Gasteiger partial charge in [-0.1, -0.05) is 18.3 Å². The Hall–Kier alpha value is -2.97. The molecule has 5 N–H and O–H groups in total. The molecule has 1 aromatic heterocycles. The number of methoxy groups -OCH3 is 1. The van der Waals surface area contributed by atoms with Crippen LogP contribution in [0.1, 0.15) is 6.92 Å². The first-order valence-electron chi connectivity index (χ1n) is 8.28. The van der Waals surface area contributed by atoms with Gasteiger partial charge in [0.25, 0.3) is 0 Å². The van der Waals surface area contributed by atoms with Gasteiger partial charge in [0, 0.05) is 27.2 Å². The zero-order valence-corrected chi connectivity index (χ0v) is 15.9. The molecule has 1 heterocycles. The number of carbonyl (C=O) groups is 1. The third-order valence-corrected chi connectivity index (χ3v) is 4.80. The monoisotopic (exact) mass is 383 g/mol. The molecule has 1 atom stereocenters. The standard InChI is InChI=1S/C19H21N5O2S/c1-11(20)12(2)21-13-4-6-14(7-5-13)27-15-8-9-16-17(10-15)23-18(22-16)24-19(25)26-3/h4-11,21H,2,20H2,1,3H3,(H2,22,23,24,25)/t11-/m0/s1. The second-order valence-electron chi connectivity index (χ2n) is 5.95. The number of nitrogens with one attached hydrogen (secondary N) is 3. The molecule has 0 spiro atoms. The summed E-state index contributed by atoms with van der Waals surface area (Å²) in [6, 6.07) is 13.8. The molecule has 0 radical (unpaired) electrons. The highest BCUT2D eigenvalue weighted by Crippen LogP contribution is 2.31. The van der Waals surface area contributed by atoms with Crippen LogP contribution in [0.4, 0.5) is 16.4 Å². The maximum absolute atomic E-state index is 11.3. The number of imidazole rings is 1. The van der Waals surface area contributed by atoms with Crippen LogP contribution in [0, 0.1) is 0 Å². The Morgan fingerprint density at radius 3 is 2.59 bits per heavy atom. The van der Waals surface area contributed by atoms with E-state index in [1.165, 1.54) is 7.11 Å². The molecule has 0 aliphatic carbocycles. The lowest BCUT2D eigenvalue weighted by molar-refractivity contribution is 0.186. The van der Waals surface area contributed by atoms with Gasteiger partial charge in [-0.3, -0.25) is 5.32 Å². The number of hydrogen-bond donors (Lipinski definition) is 4. The van der Waals surface area contributed by atoms with Crippen LogP contribution in [-0.2, 0) is 4.74 Å². The summed E-state index contributed by atoms with van der Waals surface area (Å²) < 4.78 is 4.57. The van der Waals surface area contributed by atoms with Gasteiger partial charge >= 0.3 is 6.09 Å². The highest BCUT2D eigenvalue weighted by Gasteiger charge is 2.08. The van der Waals surface area contributed by atoms with Crippen LogP contribution in [-0.4, -0.2) is 29.2 Å². The van der Waals surface area contributed by atoms with Crippen molar-refractivity contribution in [3.8, 4) is 0 Å². The van der Waals surface area contributed by atoms with Gasteiger partial charge in [-0.05, 0) is 49.4 Å². The van der Waals surface area contributed by atoms with E-state index in [-0.39, 0.29) is 6.04 Å². The van der Waals surface area contributed by atoms with E-state index in [1.54, 1.807) is 11.8 Å². The van der Waals surface area contributed by atoms with E-state index in [0.717, 1.165) is 32.2 Å². The maximum atomic E-state index is 11.3. The maximum Gasteiger partial charge on any atom is 0.413 e. The fraction of sp³-hybridized carbons (Fsp3) is 0.158. The average molecular weight is 383 g/mol. The van der Waals surface area contributed by atoms with Crippen LogP contribution in [0.2, 0.25) is 0 Å². The molecule has 140 valence electrons. The van der Waals surface area contributed by atoms with Crippen LogP contribution >= 0.6 is 11.8 Å². The molecule has 0 bridgehead atoms. The van der Waals surface area contributed by atoms with Crippen LogP contribution < -0.4 is 16.4 Å². The zero-order valence-electron chi connectivity index (χ0n) is 15.1. The number of aromatic amines is 1. The van der Waals surface area contributed by atoms with Crippen LogP contribution in [0.3, 0.4) is 0 Å². The Balaban J connectivity index is 1.70. The van der Waals surface area contributed by atoms with E-state index < -0.39 is 6.09 Å². The molecule has 0 aliphatic rings. The molecule has 8 heteroatoms. The second-order valence-corrected chi connectivity index (χ2v) is 7.09. The molecule has 0 aliphatic heterocycles. The molecule has 3 rings (SSSR count). The number of hydrogen-bond acceptors (Lipinski definition) is 6. The summed E-state index contributed by atoms with van der Waals surface area (Å²) in [5.41, 5.74) is 9.11. The Kier molecular flexibility index (Phi) is 5.68. The molecule has 2 aromatic carbocycles. The summed E-state index contributed by atoms with van der Waals surface area (Å²) in [5.74, 6) is 0.351. The lowest BCUT2D eigenvalue weighted by Gasteiger charge is -2.13. The third-order valence-electron chi connectivity index (χ3n) is 3.80. The molecule has 1 amide bonds. The van der Waals surface area contributed by atoms with Crippen molar-refractivity contribution in [2.75, 3.05) is 17.7 Å². The van der Waals surface area contributed by atoms with Crippen molar-refractivity contribution < 1.29 is 9.53 Å².